The van der Waals surface area contributed by atoms with Gasteiger partial charge in [-0.25, -0.2) is 0 Å². The molecule has 0 fully saturated rings. The van der Waals surface area contributed by atoms with Crippen molar-refractivity contribution in [2.75, 3.05) is 12.5 Å². The van der Waals surface area contributed by atoms with Crippen molar-refractivity contribution in [3.05, 3.63) is 20.6 Å². The number of ketones is 2. The van der Waals surface area contributed by atoms with Gasteiger partial charge in [-0.3, -0.25) is 9.59 Å². The van der Waals surface area contributed by atoms with Gasteiger partial charge in [0.05, 0.1) is 10.5 Å². The Labute approximate surface area is 111 Å². The summed E-state index contributed by atoms with van der Waals surface area (Å²) in [5.41, 5.74) is 0. The first-order valence-corrected chi connectivity index (χ1v) is 8.79. The Balaban J connectivity index is 2.07. The molecule has 2 rings (SSSR count). The molecular weight excluding hydrogens is 280 g/mol. The van der Waals surface area contributed by atoms with Crippen molar-refractivity contribution in [1.82, 2.24) is 0 Å². The summed E-state index contributed by atoms with van der Waals surface area (Å²) in [7, 11) is 0. The van der Waals surface area contributed by atoms with Crippen LogP contribution >= 0.6 is 47.0 Å². The minimum atomic E-state index is -0.221. The molecule has 2 aliphatic heterocycles. The zero-order chi connectivity index (χ0) is 11.7. The monoisotopic (exact) mass is 290 g/mol. The molecule has 0 radical (unpaired) electrons. The summed E-state index contributed by atoms with van der Waals surface area (Å²) in [6.07, 6.45) is 7.21. The summed E-state index contributed by atoms with van der Waals surface area (Å²) in [6.45, 7) is 0. The lowest BCUT2D eigenvalue weighted by Gasteiger charge is -2.14. The minimum Gasteiger partial charge on any atom is -0.293 e. The van der Waals surface area contributed by atoms with Gasteiger partial charge in [0.1, 0.15) is 0 Å². The van der Waals surface area contributed by atoms with E-state index in [0.717, 1.165) is 8.47 Å². The molecule has 2 aliphatic rings. The third kappa shape index (κ3) is 2.39. The summed E-state index contributed by atoms with van der Waals surface area (Å²) < 4.78 is 2.03. The van der Waals surface area contributed by atoms with Crippen LogP contribution in [0, 0.1) is 0 Å². The molecule has 2 heterocycles. The molecule has 0 bridgehead atoms. The highest BCUT2D eigenvalue weighted by Crippen LogP contribution is 2.46. The van der Waals surface area contributed by atoms with Crippen LogP contribution in [0.3, 0.4) is 0 Å². The highest BCUT2D eigenvalue weighted by Gasteiger charge is 2.40. The predicted octanol–water partition coefficient (Wildman–Crippen LogP) is 2.76. The summed E-state index contributed by atoms with van der Waals surface area (Å²) in [6, 6.07) is 0. The van der Waals surface area contributed by atoms with Crippen LogP contribution in [-0.4, -0.2) is 34.6 Å². The van der Waals surface area contributed by atoms with Crippen LogP contribution in [-0.2, 0) is 9.59 Å². The van der Waals surface area contributed by atoms with Gasteiger partial charge >= 0.3 is 0 Å². The van der Waals surface area contributed by atoms with Gasteiger partial charge in [-0.15, -0.1) is 47.0 Å². The quantitative estimate of drug-likeness (QED) is 0.795. The lowest BCUT2D eigenvalue weighted by Crippen LogP contribution is -2.29. The molecule has 2 atom stereocenters. The maximum Gasteiger partial charge on any atom is 0.172 e. The summed E-state index contributed by atoms with van der Waals surface area (Å²) in [5, 5.41) is -0.443. The number of allylic oxidation sites excluding steroid dienone is 2. The second-order valence-corrected chi connectivity index (χ2v) is 7.80. The van der Waals surface area contributed by atoms with E-state index in [1.165, 1.54) is 23.5 Å². The maximum absolute atomic E-state index is 11.8. The zero-order valence-electron chi connectivity index (χ0n) is 8.76. The number of carbonyl (C=O) groups is 2. The van der Waals surface area contributed by atoms with Gasteiger partial charge < -0.3 is 0 Å². The summed E-state index contributed by atoms with van der Waals surface area (Å²) >= 11 is 6.18. The summed E-state index contributed by atoms with van der Waals surface area (Å²) in [5.74, 6) is 0.159. The predicted molar refractivity (Wildman–Crippen MR) is 76.0 cm³/mol. The molecule has 0 saturated carbocycles. The van der Waals surface area contributed by atoms with E-state index < -0.39 is 0 Å². The molecule has 86 valence electrons. The van der Waals surface area contributed by atoms with Gasteiger partial charge in [0.25, 0.3) is 0 Å². The Morgan fingerprint density at radius 3 is 1.56 bits per heavy atom. The van der Waals surface area contributed by atoms with E-state index in [1.807, 2.05) is 12.5 Å². The first kappa shape index (κ1) is 12.7. The van der Waals surface area contributed by atoms with Crippen LogP contribution in [0.25, 0.3) is 0 Å². The molecule has 0 aromatic carbocycles. The Morgan fingerprint density at radius 1 is 0.938 bits per heavy atom. The first-order chi connectivity index (χ1) is 7.65. The topological polar surface area (TPSA) is 34.1 Å². The number of thioether (sulfide) groups is 4. The Morgan fingerprint density at radius 2 is 1.31 bits per heavy atom. The first-order valence-electron chi connectivity index (χ1n) is 4.58. The third-order valence-corrected chi connectivity index (χ3v) is 7.25. The van der Waals surface area contributed by atoms with Crippen molar-refractivity contribution in [2.45, 2.75) is 10.5 Å². The minimum absolute atomic E-state index is 0.0796. The standard InChI is InChI=1S/C10H10O2S4/c1-13-7-3-5(11)9(15-7)10-6(12)4-8(14-2)16-10/h3-4,9-10H,1-2H3. The van der Waals surface area contributed by atoms with Crippen LogP contribution in [0.5, 0.6) is 0 Å². The number of hydrogen-bond acceptors (Lipinski definition) is 6. The molecule has 0 aromatic rings. The number of carbonyl (C=O) groups excluding carboxylic acids is 2. The Kier molecular flexibility index (Phi) is 4.15. The van der Waals surface area contributed by atoms with Crippen molar-refractivity contribution in [2.24, 2.45) is 0 Å². The van der Waals surface area contributed by atoms with Crippen molar-refractivity contribution in [1.29, 1.82) is 0 Å². The molecule has 0 spiro atoms. The Bertz CT molecular complexity index is 362. The molecule has 16 heavy (non-hydrogen) atoms. The van der Waals surface area contributed by atoms with Gasteiger partial charge in [0, 0.05) is 20.6 Å². The zero-order valence-corrected chi connectivity index (χ0v) is 12.0. The van der Waals surface area contributed by atoms with Crippen molar-refractivity contribution >= 4 is 58.6 Å². The van der Waals surface area contributed by atoms with Gasteiger partial charge in [-0.2, -0.15) is 0 Å². The smallest absolute Gasteiger partial charge is 0.172 e. The SMILES string of the molecule is CSC1=CC(=O)C(C2SC(SC)=CC2=O)S1. The normalized spacial score (nSPS) is 29.6. The van der Waals surface area contributed by atoms with Crippen LogP contribution in [0.4, 0.5) is 0 Å². The van der Waals surface area contributed by atoms with E-state index in [4.69, 9.17) is 0 Å². The van der Waals surface area contributed by atoms with E-state index in [2.05, 4.69) is 0 Å². The van der Waals surface area contributed by atoms with E-state index >= 15 is 0 Å². The highest BCUT2D eigenvalue weighted by atomic mass is 32.2. The number of hydrogen-bond donors (Lipinski definition) is 0. The second kappa shape index (κ2) is 5.25. The van der Waals surface area contributed by atoms with E-state index in [1.54, 1.807) is 35.7 Å². The molecule has 0 N–H and O–H groups in total. The van der Waals surface area contributed by atoms with Crippen LogP contribution in [0.1, 0.15) is 0 Å². The molecule has 0 amide bonds. The summed E-state index contributed by atoms with van der Waals surface area (Å²) in [4.78, 5) is 23.5. The van der Waals surface area contributed by atoms with Gasteiger partial charge in [0.15, 0.2) is 11.6 Å². The van der Waals surface area contributed by atoms with Gasteiger partial charge in [0.2, 0.25) is 0 Å². The lowest BCUT2D eigenvalue weighted by atomic mass is 10.1. The van der Waals surface area contributed by atoms with Crippen molar-refractivity contribution in [3.8, 4) is 0 Å². The lowest BCUT2D eigenvalue weighted by molar-refractivity contribution is -0.118. The van der Waals surface area contributed by atoms with E-state index in [9.17, 15) is 9.59 Å². The van der Waals surface area contributed by atoms with Crippen LogP contribution < -0.4 is 0 Å². The molecule has 6 heteroatoms. The van der Waals surface area contributed by atoms with E-state index in [-0.39, 0.29) is 22.1 Å². The van der Waals surface area contributed by atoms with Crippen LogP contribution in [0.15, 0.2) is 20.6 Å². The average Bonchev–Trinajstić information content (AvgIpc) is 2.81. The largest absolute Gasteiger partial charge is 0.293 e. The molecular formula is C10H10O2S4. The molecule has 0 saturated heterocycles. The van der Waals surface area contributed by atoms with Crippen molar-refractivity contribution < 1.29 is 9.59 Å². The van der Waals surface area contributed by atoms with Gasteiger partial charge in [-0.1, -0.05) is 0 Å². The maximum atomic E-state index is 11.8. The number of rotatable bonds is 3. The fourth-order valence-corrected chi connectivity index (χ4v) is 5.41. The molecule has 0 aliphatic carbocycles. The van der Waals surface area contributed by atoms with Crippen molar-refractivity contribution in [3.63, 3.8) is 0 Å². The highest BCUT2D eigenvalue weighted by molar-refractivity contribution is 8.25. The fraction of sp³-hybridized carbons (Fsp3) is 0.400. The molecule has 2 nitrogen and oxygen atoms in total. The molecule has 2 unspecified atom stereocenters. The van der Waals surface area contributed by atoms with E-state index in [0.29, 0.717) is 0 Å². The molecule has 0 aromatic heterocycles. The third-order valence-electron chi connectivity index (χ3n) is 2.24. The van der Waals surface area contributed by atoms with Crippen LogP contribution in [0.2, 0.25) is 0 Å². The second-order valence-electron chi connectivity index (χ2n) is 3.22. The Hall–Kier alpha value is 0.220. The average molecular weight is 290 g/mol. The van der Waals surface area contributed by atoms with Gasteiger partial charge in [-0.05, 0) is 12.5 Å². The fourth-order valence-electron chi connectivity index (χ4n) is 1.47.